The summed E-state index contributed by atoms with van der Waals surface area (Å²) in [6.45, 7) is 3.06. The average molecular weight is 147 g/mol. The van der Waals surface area contributed by atoms with Crippen molar-refractivity contribution >= 4 is 5.91 Å². The molecule has 2 N–H and O–H groups in total. The minimum atomic E-state index is -1.53. The molecule has 1 atom stereocenters. The molecule has 60 valence electrons. The molecular formula is C6H13NO3. The van der Waals surface area contributed by atoms with E-state index < -0.39 is 5.91 Å². The first kappa shape index (κ1) is 9.39. The minimum Gasteiger partial charge on any atom is -0.349 e. The van der Waals surface area contributed by atoms with E-state index in [0.29, 0.717) is 6.42 Å². The number of methoxy groups -OCH3 is 1. The molecule has 10 heavy (non-hydrogen) atoms. The Labute approximate surface area is 60.2 Å². The van der Waals surface area contributed by atoms with Crippen LogP contribution in [0.2, 0.25) is 0 Å². The molecule has 0 aromatic carbocycles. The van der Waals surface area contributed by atoms with Gasteiger partial charge in [-0.1, -0.05) is 6.92 Å². The molecule has 1 unspecified atom stereocenters. The molecule has 0 spiro atoms. The summed E-state index contributed by atoms with van der Waals surface area (Å²) in [5.74, 6) is -1.78. The van der Waals surface area contributed by atoms with Gasteiger partial charge in [-0.05, 0) is 0 Å². The lowest BCUT2D eigenvalue weighted by atomic mass is 10.4. The molecule has 0 heterocycles. The topological polar surface area (TPSA) is 58.6 Å². The lowest BCUT2D eigenvalue weighted by Crippen LogP contribution is -2.47. The number of nitrogens with one attached hydrogen (secondary N) is 1. The van der Waals surface area contributed by atoms with Crippen LogP contribution in [0.25, 0.3) is 0 Å². The zero-order valence-corrected chi connectivity index (χ0v) is 6.47. The monoisotopic (exact) mass is 147 g/mol. The second-order valence-electron chi connectivity index (χ2n) is 2.09. The van der Waals surface area contributed by atoms with Crippen LogP contribution >= 0.6 is 0 Å². The van der Waals surface area contributed by atoms with Gasteiger partial charge in [0.25, 0.3) is 0 Å². The molecule has 0 bridgehead atoms. The van der Waals surface area contributed by atoms with Gasteiger partial charge in [-0.3, -0.25) is 4.79 Å². The highest BCUT2D eigenvalue weighted by atomic mass is 16.6. The molecule has 0 rings (SSSR count). The molecule has 0 aliphatic carbocycles. The van der Waals surface area contributed by atoms with E-state index in [9.17, 15) is 4.79 Å². The van der Waals surface area contributed by atoms with Crippen LogP contribution in [0.1, 0.15) is 20.3 Å². The van der Waals surface area contributed by atoms with Crippen LogP contribution in [-0.2, 0) is 9.53 Å². The number of carbonyl (C=O) groups is 1. The van der Waals surface area contributed by atoms with Gasteiger partial charge in [0.1, 0.15) is 0 Å². The van der Waals surface area contributed by atoms with Crippen molar-refractivity contribution in [2.45, 2.75) is 26.2 Å². The van der Waals surface area contributed by atoms with Gasteiger partial charge < -0.3 is 15.2 Å². The van der Waals surface area contributed by atoms with E-state index in [4.69, 9.17) is 5.11 Å². The molecule has 0 aliphatic heterocycles. The van der Waals surface area contributed by atoms with Crippen molar-refractivity contribution in [3.8, 4) is 0 Å². The Bertz CT molecular complexity index is 122. The van der Waals surface area contributed by atoms with Gasteiger partial charge in [0, 0.05) is 20.5 Å². The van der Waals surface area contributed by atoms with Gasteiger partial charge in [0.15, 0.2) is 0 Å². The van der Waals surface area contributed by atoms with Crippen molar-refractivity contribution in [2.24, 2.45) is 0 Å². The van der Waals surface area contributed by atoms with E-state index in [1.807, 2.05) is 0 Å². The van der Waals surface area contributed by atoms with Crippen LogP contribution in [-0.4, -0.2) is 24.0 Å². The molecule has 0 saturated carbocycles. The van der Waals surface area contributed by atoms with Gasteiger partial charge in [-0.15, -0.1) is 0 Å². The number of ether oxygens (including phenoxy) is 1. The van der Waals surface area contributed by atoms with Crippen molar-refractivity contribution in [2.75, 3.05) is 7.11 Å². The van der Waals surface area contributed by atoms with Gasteiger partial charge in [0.2, 0.25) is 11.8 Å². The summed E-state index contributed by atoms with van der Waals surface area (Å²) in [6, 6.07) is 0. The normalized spacial score (nSPS) is 16.0. The largest absolute Gasteiger partial charge is 0.349 e. The zero-order valence-electron chi connectivity index (χ0n) is 6.47. The van der Waals surface area contributed by atoms with Crippen LogP contribution in [0.15, 0.2) is 0 Å². The standard InChI is InChI=1S/C6H13NO3/c1-4-5(8)7-6(2,9)10-3/h9H,4H2,1-3H3,(H,7,8). The summed E-state index contributed by atoms with van der Waals surface area (Å²) in [5.41, 5.74) is 0. The lowest BCUT2D eigenvalue weighted by molar-refractivity contribution is -0.196. The summed E-state index contributed by atoms with van der Waals surface area (Å²) < 4.78 is 4.53. The predicted octanol–water partition coefficient (Wildman–Crippen LogP) is -0.175. The van der Waals surface area contributed by atoms with Crippen LogP contribution < -0.4 is 5.32 Å². The average Bonchev–Trinajstić information content (AvgIpc) is 1.87. The van der Waals surface area contributed by atoms with Crippen LogP contribution in [0.5, 0.6) is 0 Å². The summed E-state index contributed by atoms with van der Waals surface area (Å²) in [6.07, 6.45) is 0.333. The summed E-state index contributed by atoms with van der Waals surface area (Å²) in [4.78, 5) is 10.6. The predicted molar refractivity (Wildman–Crippen MR) is 36.1 cm³/mol. The minimum absolute atomic E-state index is 0.244. The first-order valence-electron chi connectivity index (χ1n) is 3.10. The highest BCUT2D eigenvalue weighted by Gasteiger charge is 2.19. The smallest absolute Gasteiger partial charge is 0.245 e. The molecule has 0 saturated heterocycles. The fraction of sp³-hybridized carbons (Fsp3) is 0.833. The number of rotatable bonds is 3. The molecule has 0 aromatic rings. The zero-order chi connectivity index (χ0) is 8.20. The number of carbonyl (C=O) groups excluding carboxylic acids is 1. The second kappa shape index (κ2) is 3.53. The quantitative estimate of drug-likeness (QED) is 0.545. The van der Waals surface area contributed by atoms with Gasteiger partial charge in [0.05, 0.1) is 0 Å². The van der Waals surface area contributed by atoms with E-state index in [1.165, 1.54) is 14.0 Å². The van der Waals surface area contributed by atoms with Crippen molar-refractivity contribution < 1.29 is 14.6 Å². The Kier molecular flexibility index (Phi) is 3.32. The van der Waals surface area contributed by atoms with Crippen LogP contribution in [0, 0.1) is 0 Å². The fourth-order valence-corrected chi connectivity index (χ4v) is 0.398. The van der Waals surface area contributed by atoms with Crippen LogP contribution in [0.4, 0.5) is 0 Å². The Morgan fingerprint density at radius 2 is 2.30 bits per heavy atom. The third-order valence-electron chi connectivity index (χ3n) is 1.09. The van der Waals surface area contributed by atoms with Gasteiger partial charge in [-0.2, -0.15) is 0 Å². The van der Waals surface area contributed by atoms with Crippen molar-refractivity contribution in [1.29, 1.82) is 0 Å². The molecule has 4 heteroatoms. The SMILES string of the molecule is CCC(=O)NC(C)(O)OC. The molecule has 1 amide bonds. The number of amides is 1. The Balaban J connectivity index is 3.76. The van der Waals surface area contributed by atoms with Crippen molar-refractivity contribution in [3.63, 3.8) is 0 Å². The van der Waals surface area contributed by atoms with E-state index in [-0.39, 0.29) is 5.91 Å². The third kappa shape index (κ3) is 3.42. The van der Waals surface area contributed by atoms with E-state index in [0.717, 1.165) is 0 Å². The molecule has 0 radical (unpaired) electrons. The highest BCUT2D eigenvalue weighted by molar-refractivity contribution is 5.75. The number of hydrogen-bond donors (Lipinski definition) is 2. The second-order valence-corrected chi connectivity index (χ2v) is 2.09. The maximum atomic E-state index is 10.6. The first-order valence-corrected chi connectivity index (χ1v) is 3.10. The van der Waals surface area contributed by atoms with E-state index in [1.54, 1.807) is 6.92 Å². The third-order valence-corrected chi connectivity index (χ3v) is 1.09. The summed E-state index contributed by atoms with van der Waals surface area (Å²) in [7, 11) is 1.32. The Morgan fingerprint density at radius 1 is 1.80 bits per heavy atom. The highest BCUT2D eigenvalue weighted by Crippen LogP contribution is 1.97. The molecule has 0 aliphatic rings. The van der Waals surface area contributed by atoms with Crippen LogP contribution in [0.3, 0.4) is 0 Å². The molecule has 0 aromatic heterocycles. The summed E-state index contributed by atoms with van der Waals surface area (Å²) in [5, 5.41) is 11.3. The van der Waals surface area contributed by atoms with Gasteiger partial charge in [-0.25, -0.2) is 0 Å². The maximum absolute atomic E-state index is 10.6. The molecule has 4 nitrogen and oxygen atoms in total. The first-order chi connectivity index (χ1) is 4.52. The van der Waals surface area contributed by atoms with Gasteiger partial charge >= 0.3 is 0 Å². The van der Waals surface area contributed by atoms with Crippen molar-refractivity contribution in [1.82, 2.24) is 5.32 Å². The number of hydrogen-bond acceptors (Lipinski definition) is 3. The van der Waals surface area contributed by atoms with Crippen molar-refractivity contribution in [3.05, 3.63) is 0 Å². The Morgan fingerprint density at radius 3 is 2.60 bits per heavy atom. The number of aliphatic hydroxyl groups is 1. The summed E-state index contributed by atoms with van der Waals surface area (Å²) >= 11 is 0. The molecule has 0 fully saturated rings. The van der Waals surface area contributed by atoms with E-state index in [2.05, 4.69) is 10.1 Å². The Hall–Kier alpha value is -0.610. The maximum Gasteiger partial charge on any atom is 0.245 e. The fourth-order valence-electron chi connectivity index (χ4n) is 0.398. The molecular weight excluding hydrogens is 134 g/mol. The lowest BCUT2D eigenvalue weighted by Gasteiger charge is -2.21. The van der Waals surface area contributed by atoms with E-state index >= 15 is 0 Å².